The minimum absolute atomic E-state index is 0.133. The first-order valence-corrected chi connectivity index (χ1v) is 9.68. The lowest BCUT2D eigenvalue weighted by Gasteiger charge is -2.17. The lowest BCUT2D eigenvalue weighted by atomic mass is 10.1. The van der Waals surface area contributed by atoms with Crippen LogP contribution in [-0.4, -0.2) is 50.0 Å². The monoisotopic (exact) mass is 410 g/mol. The number of amides is 1. The summed E-state index contributed by atoms with van der Waals surface area (Å²) in [5, 5.41) is 4.11. The van der Waals surface area contributed by atoms with Crippen LogP contribution in [0.3, 0.4) is 0 Å². The van der Waals surface area contributed by atoms with E-state index < -0.39 is 5.97 Å². The van der Waals surface area contributed by atoms with E-state index in [1.807, 2.05) is 45.0 Å². The number of esters is 1. The summed E-state index contributed by atoms with van der Waals surface area (Å²) in [7, 11) is 1.69. The fourth-order valence-electron chi connectivity index (χ4n) is 3.19. The Morgan fingerprint density at radius 1 is 1.13 bits per heavy atom. The summed E-state index contributed by atoms with van der Waals surface area (Å²) in [5.74, 6) is -0.118. The van der Waals surface area contributed by atoms with Crippen molar-refractivity contribution in [1.29, 1.82) is 0 Å². The fourth-order valence-corrected chi connectivity index (χ4v) is 3.19. The number of aromatic nitrogens is 4. The van der Waals surface area contributed by atoms with Gasteiger partial charge in [0.05, 0.1) is 0 Å². The Morgan fingerprint density at radius 2 is 1.83 bits per heavy atom. The number of ether oxygens (including phenoxy) is 1. The molecule has 9 nitrogen and oxygen atoms in total. The summed E-state index contributed by atoms with van der Waals surface area (Å²) in [5.41, 5.74) is 10.3. The minimum Gasteiger partial charge on any atom is -0.456 e. The van der Waals surface area contributed by atoms with Crippen molar-refractivity contribution in [2.75, 3.05) is 19.4 Å². The molecule has 30 heavy (non-hydrogen) atoms. The number of nitrogens with zero attached hydrogens (tertiary/aromatic N) is 5. The van der Waals surface area contributed by atoms with Gasteiger partial charge < -0.3 is 15.4 Å². The van der Waals surface area contributed by atoms with Crippen LogP contribution in [0.2, 0.25) is 0 Å². The molecule has 0 atom stereocenters. The third kappa shape index (κ3) is 4.91. The van der Waals surface area contributed by atoms with Crippen molar-refractivity contribution in [2.24, 2.45) is 0 Å². The van der Waals surface area contributed by atoms with Gasteiger partial charge in [-0.05, 0) is 38.3 Å². The molecule has 3 aromatic rings. The van der Waals surface area contributed by atoms with Crippen molar-refractivity contribution >= 4 is 23.6 Å². The Balaban J connectivity index is 1.51. The maximum atomic E-state index is 12.3. The molecule has 2 heterocycles. The van der Waals surface area contributed by atoms with Crippen molar-refractivity contribution in [3.05, 3.63) is 52.3 Å². The number of aryl methyl sites for hydroxylation is 3. The molecule has 0 radical (unpaired) electrons. The Labute approximate surface area is 174 Å². The number of nitrogens with two attached hydrogens (primary N) is 1. The molecule has 0 saturated carbocycles. The summed E-state index contributed by atoms with van der Waals surface area (Å²) in [4.78, 5) is 34.4. The molecule has 9 heteroatoms. The van der Waals surface area contributed by atoms with Gasteiger partial charge in [-0.25, -0.2) is 4.98 Å². The minimum atomic E-state index is -0.441. The van der Waals surface area contributed by atoms with Crippen LogP contribution < -0.4 is 5.73 Å². The molecule has 0 aliphatic rings. The first-order chi connectivity index (χ1) is 14.2. The van der Waals surface area contributed by atoms with Crippen molar-refractivity contribution < 1.29 is 14.3 Å². The Kier molecular flexibility index (Phi) is 6.29. The number of anilines is 1. The number of rotatable bonds is 7. The zero-order valence-corrected chi connectivity index (χ0v) is 17.7. The predicted octanol–water partition coefficient (Wildman–Crippen LogP) is 1.77. The van der Waals surface area contributed by atoms with Gasteiger partial charge in [0.15, 0.2) is 6.61 Å². The molecule has 1 amide bonds. The van der Waals surface area contributed by atoms with E-state index in [1.54, 1.807) is 16.5 Å². The van der Waals surface area contributed by atoms with Gasteiger partial charge >= 0.3 is 5.97 Å². The highest BCUT2D eigenvalue weighted by molar-refractivity contribution is 5.80. The van der Waals surface area contributed by atoms with Gasteiger partial charge in [-0.1, -0.05) is 29.8 Å². The van der Waals surface area contributed by atoms with Crippen molar-refractivity contribution in [3.8, 4) is 0 Å². The highest BCUT2D eigenvalue weighted by Gasteiger charge is 2.16. The number of hydrogen-bond donors (Lipinski definition) is 1. The number of likely N-dealkylation sites (N-methyl/N-ethyl adjacent to an activating group) is 1. The molecule has 0 aliphatic heterocycles. The zero-order valence-electron chi connectivity index (χ0n) is 17.7. The summed E-state index contributed by atoms with van der Waals surface area (Å²) in [6.07, 6.45) is 0.556. The maximum Gasteiger partial charge on any atom is 0.306 e. The first-order valence-electron chi connectivity index (χ1n) is 9.68. The van der Waals surface area contributed by atoms with Crippen LogP contribution in [0.4, 0.5) is 5.95 Å². The second-order valence-corrected chi connectivity index (χ2v) is 7.34. The van der Waals surface area contributed by atoms with Crippen LogP contribution in [0, 0.1) is 20.8 Å². The van der Waals surface area contributed by atoms with Gasteiger partial charge in [-0.2, -0.15) is 9.50 Å². The molecule has 2 aromatic heterocycles. The van der Waals surface area contributed by atoms with E-state index in [0.717, 1.165) is 28.1 Å². The Hall–Kier alpha value is -3.49. The van der Waals surface area contributed by atoms with Crippen molar-refractivity contribution in [3.63, 3.8) is 0 Å². The molecule has 2 N–H and O–H groups in total. The van der Waals surface area contributed by atoms with Crippen LogP contribution in [-0.2, 0) is 27.3 Å². The number of carbonyl (C=O) groups excluding carboxylic acids is 2. The fraction of sp³-hybridized carbons (Fsp3) is 0.381. The number of nitrogen functional groups attached to an aromatic ring is 1. The average Bonchev–Trinajstić information content (AvgIpc) is 3.07. The molecule has 0 fully saturated rings. The van der Waals surface area contributed by atoms with Gasteiger partial charge in [-0.3, -0.25) is 9.59 Å². The van der Waals surface area contributed by atoms with Crippen LogP contribution in [0.25, 0.3) is 5.78 Å². The second-order valence-electron chi connectivity index (χ2n) is 7.34. The summed E-state index contributed by atoms with van der Waals surface area (Å²) < 4.78 is 6.73. The third-order valence-corrected chi connectivity index (χ3v) is 4.97. The number of benzene rings is 1. The molecule has 158 valence electrons. The van der Waals surface area contributed by atoms with E-state index in [0.29, 0.717) is 18.7 Å². The molecule has 0 saturated heterocycles. The molecule has 3 rings (SSSR count). The molecule has 0 aliphatic carbocycles. The normalized spacial score (nSPS) is 10.9. The maximum absolute atomic E-state index is 12.3. The lowest BCUT2D eigenvalue weighted by molar-refractivity contribution is -0.151. The second kappa shape index (κ2) is 8.89. The SMILES string of the molecule is Cc1ccc(CN(C)C(=O)COC(=O)CCc2c(C)nc3nc(N)nn3c2C)cc1. The number of hydrogen-bond acceptors (Lipinski definition) is 7. The number of fused-ring (bicyclic) bond motifs is 1. The van der Waals surface area contributed by atoms with Crippen LogP contribution in [0.1, 0.15) is 34.5 Å². The van der Waals surface area contributed by atoms with Gasteiger partial charge in [0.25, 0.3) is 11.7 Å². The lowest BCUT2D eigenvalue weighted by Crippen LogP contribution is -2.30. The van der Waals surface area contributed by atoms with E-state index in [1.165, 1.54) is 0 Å². The summed E-state index contributed by atoms with van der Waals surface area (Å²) >= 11 is 0. The highest BCUT2D eigenvalue weighted by atomic mass is 16.5. The van der Waals surface area contributed by atoms with E-state index in [4.69, 9.17) is 10.5 Å². The summed E-state index contributed by atoms with van der Waals surface area (Å²) in [6.45, 7) is 5.91. The Bertz CT molecular complexity index is 1070. The standard InChI is InChI=1S/C21H26N6O3/c1-13-5-7-16(8-6-13)11-26(4)18(28)12-30-19(29)10-9-17-14(2)23-21-24-20(22)25-27(21)15(17)3/h5-8H,9-12H2,1-4H3,(H2,22,25). The molecule has 0 spiro atoms. The molecular weight excluding hydrogens is 384 g/mol. The van der Waals surface area contributed by atoms with Gasteiger partial charge in [0, 0.05) is 31.4 Å². The van der Waals surface area contributed by atoms with E-state index in [9.17, 15) is 9.59 Å². The van der Waals surface area contributed by atoms with Crippen molar-refractivity contribution in [1.82, 2.24) is 24.5 Å². The van der Waals surface area contributed by atoms with Crippen LogP contribution in [0.15, 0.2) is 24.3 Å². The largest absolute Gasteiger partial charge is 0.456 e. The Morgan fingerprint density at radius 3 is 2.53 bits per heavy atom. The number of carbonyl (C=O) groups is 2. The van der Waals surface area contributed by atoms with Gasteiger partial charge in [0.2, 0.25) is 5.95 Å². The third-order valence-electron chi connectivity index (χ3n) is 4.97. The summed E-state index contributed by atoms with van der Waals surface area (Å²) in [6, 6.07) is 7.95. The average molecular weight is 410 g/mol. The van der Waals surface area contributed by atoms with E-state index in [-0.39, 0.29) is 24.9 Å². The van der Waals surface area contributed by atoms with Crippen molar-refractivity contribution in [2.45, 2.75) is 40.2 Å². The molecule has 0 unspecified atom stereocenters. The van der Waals surface area contributed by atoms with Gasteiger partial charge in [0.1, 0.15) is 0 Å². The molecule has 0 bridgehead atoms. The van der Waals surface area contributed by atoms with Crippen LogP contribution in [0.5, 0.6) is 0 Å². The first kappa shape index (κ1) is 21.2. The smallest absolute Gasteiger partial charge is 0.306 e. The molecular formula is C21H26N6O3. The van der Waals surface area contributed by atoms with E-state index >= 15 is 0 Å². The quantitative estimate of drug-likeness (QED) is 0.590. The van der Waals surface area contributed by atoms with Gasteiger partial charge in [-0.15, -0.1) is 5.10 Å². The highest BCUT2D eigenvalue weighted by Crippen LogP contribution is 2.16. The zero-order chi connectivity index (χ0) is 21.8. The predicted molar refractivity (Wildman–Crippen MR) is 112 cm³/mol. The van der Waals surface area contributed by atoms with Crippen LogP contribution >= 0.6 is 0 Å². The van der Waals surface area contributed by atoms with E-state index in [2.05, 4.69) is 15.1 Å². The topological polar surface area (TPSA) is 116 Å². The molecule has 1 aromatic carbocycles.